The summed E-state index contributed by atoms with van der Waals surface area (Å²) >= 11 is 0. The molecule has 2 atom stereocenters. The van der Waals surface area contributed by atoms with Crippen molar-refractivity contribution < 1.29 is 19.0 Å². The van der Waals surface area contributed by atoms with Crippen LogP contribution in [0.25, 0.3) is 0 Å². The van der Waals surface area contributed by atoms with E-state index >= 15 is 0 Å². The summed E-state index contributed by atoms with van der Waals surface area (Å²) in [5, 5.41) is 16.2. The first-order chi connectivity index (χ1) is 14.9. The lowest BCUT2D eigenvalue weighted by atomic mass is 9.86. The highest BCUT2D eigenvalue weighted by atomic mass is 19.1. The molecule has 0 radical (unpaired) electrons. The van der Waals surface area contributed by atoms with Gasteiger partial charge in [-0.2, -0.15) is 5.10 Å². The summed E-state index contributed by atoms with van der Waals surface area (Å²) < 4.78 is 19.9. The molecule has 0 aliphatic carbocycles. The number of phenols is 1. The molecule has 2 unspecified atom stereocenters. The van der Waals surface area contributed by atoms with Crippen LogP contribution in [0, 0.1) is 11.7 Å². The van der Waals surface area contributed by atoms with Gasteiger partial charge in [0.25, 0.3) is 0 Å². The molecule has 0 fully saturated rings. The monoisotopic (exact) mass is 426 g/mol. The number of fused-ring (bicyclic) bond motifs is 3. The van der Waals surface area contributed by atoms with Gasteiger partial charge in [-0.25, -0.2) is 14.2 Å². The molecule has 2 aliphatic rings. The SMILES string of the molecule is CCN(CCN(C)C)C(=O)N1N=C2c3cc(F)ccc3OCC2C1c1cccc(O)c1. The summed E-state index contributed by atoms with van der Waals surface area (Å²) in [5.74, 6) is 0.0138. The molecule has 0 spiro atoms. The molecular formula is C23H27FN4O3. The van der Waals surface area contributed by atoms with Crippen molar-refractivity contribution in [2.24, 2.45) is 11.0 Å². The number of carbonyl (C=O) groups is 1. The fourth-order valence-corrected chi connectivity index (χ4v) is 4.10. The van der Waals surface area contributed by atoms with E-state index in [1.807, 2.05) is 32.0 Å². The van der Waals surface area contributed by atoms with E-state index < -0.39 is 6.04 Å². The number of likely N-dealkylation sites (N-methyl/N-ethyl adjacent to an activating group) is 2. The van der Waals surface area contributed by atoms with Crippen LogP contribution >= 0.6 is 0 Å². The normalized spacial score (nSPS) is 19.5. The molecule has 2 heterocycles. The number of aromatic hydroxyl groups is 1. The first-order valence-electron chi connectivity index (χ1n) is 10.4. The predicted molar refractivity (Wildman–Crippen MR) is 116 cm³/mol. The largest absolute Gasteiger partial charge is 0.508 e. The van der Waals surface area contributed by atoms with E-state index in [4.69, 9.17) is 9.84 Å². The summed E-state index contributed by atoms with van der Waals surface area (Å²) in [6.07, 6.45) is 0. The van der Waals surface area contributed by atoms with Crippen molar-refractivity contribution in [2.45, 2.75) is 13.0 Å². The van der Waals surface area contributed by atoms with E-state index in [0.717, 1.165) is 12.1 Å². The summed E-state index contributed by atoms with van der Waals surface area (Å²) in [6, 6.07) is 10.5. The second-order valence-corrected chi connectivity index (χ2v) is 8.09. The van der Waals surface area contributed by atoms with Gasteiger partial charge >= 0.3 is 6.03 Å². The van der Waals surface area contributed by atoms with Crippen LogP contribution in [0.3, 0.4) is 0 Å². The number of rotatable bonds is 5. The van der Waals surface area contributed by atoms with Gasteiger partial charge in [-0.05, 0) is 56.9 Å². The number of carbonyl (C=O) groups excluding carboxylic acids is 1. The Morgan fingerprint density at radius 2 is 2.06 bits per heavy atom. The highest BCUT2D eigenvalue weighted by Gasteiger charge is 2.46. The number of benzene rings is 2. The smallest absolute Gasteiger partial charge is 0.341 e. The van der Waals surface area contributed by atoms with Crippen molar-refractivity contribution in [3.8, 4) is 11.5 Å². The molecular weight excluding hydrogens is 399 g/mol. The molecule has 2 aromatic carbocycles. The summed E-state index contributed by atoms with van der Waals surface area (Å²) in [5.41, 5.74) is 1.95. The quantitative estimate of drug-likeness (QED) is 0.797. The molecule has 1 N–H and O–H groups in total. The van der Waals surface area contributed by atoms with Gasteiger partial charge in [0, 0.05) is 25.2 Å². The molecule has 2 aromatic rings. The Morgan fingerprint density at radius 3 is 2.77 bits per heavy atom. The fourth-order valence-electron chi connectivity index (χ4n) is 4.10. The van der Waals surface area contributed by atoms with E-state index in [0.29, 0.717) is 36.7 Å². The lowest BCUT2D eigenvalue weighted by Gasteiger charge is -2.32. The molecule has 0 bridgehead atoms. The summed E-state index contributed by atoms with van der Waals surface area (Å²) in [4.78, 5) is 17.3. The molecule has 164 valence electrons. The van der Waals surface area contributed by atoms with E-state index in [2.05, 4.69) is 0 Å². The van der Waals surface area contributed by atoms with Crippen LogP contribution in [-0.4, -0.2) is 72.0 Å². The number of amides is 2. The van der Waals surface area contributed by atoms with Gasteiger partial charge in [-0.15, -0.1) is 0 Å². The van der Waals surface area contributed by atoms with Crippen molar-refractivity contribution >= 4 is 11.7 Å². The Bertz CT molecular complexity index is 1010. The molecule has 8 heteroatoms. The van der Waals surface area contributed by atoms with Gasteiger partial charge < -0.3 is 19.6 Å². The topological polar surface area (TPSA) is 68.6 Å². The zero-order valence-electron chi connectivity index (χ0n) is 18.0. The first-order valence-corrected chi connectivity index (χ1v) is 10.4. The van der Waals surface area contributed by atoms with Crippen molar-refractivity contribution in [1.82, 2.24) is 14.8 Å². The molecule has 0 saturated heterocycles. The number of urea groups is 1. The number of phenolic OH excluding ortho intramolecular Hbond substituents is 1. The molecule has 2 aliphatic heterocycles. The number of hydrogen-bond acceptors (Lipinski definition) is 5. The third-order valence-electron chi connectivity index (χ3n) is 5.72. The fraction of sp³-hybridized carbons (Fsp3) is 0.391. The lowest BCUT2D eigenvalue weighted by molar-refractivity contribution is 0.125. The van der Waals surface area contributed by atoms with Crippen LogP contribution in [0.2, 0.25) is 0 Å². The Labute approximate surface area is 181 Å². The maximum atomic E-state index is 14.0. The average molecular weight is 426 g/mol. The van der Waals surface area contributed by atoms with Gasteiger partial charge in [0.15, 0.2) is 0 Å². The molecule has 31 heavy (non-hydrogen) atoms. The minimum Gasteiger partial charge on any atom is -0.508 e. The number of hydrazone groups is 1. The van der Waals surface area contributed by atoms with Gasteiger partial charge in [0.05, 0.1) is 24.3 Å². The molecule has 4 rings (SSSR count). The van der Waals surface area contributed by atoms with Gasteiger partial charge in [-0.1, -0.05) is 12.1 Å². The minimum absolute atomic E-state index is 0.112. The minimum atomic E-state index is -0.459. The van der Waals surface area contributed by atoms with Gasteiger partial charge in [-0.3, -0.25) is 0 Å². The van der Waals surface area contributed by atoms with Crippen LogP contribution in [0.1, 0.15) is 24.1 Å². The van der Waals surface area contributed by atoms with Crippen LogP contribution in [0.5, 0.6) is 11.5 Å². The Balaban J connectivity index is 1.75. The summed E-state index contributed by atoms with van der Waals surface area (Å²) in [7, 11) is 3.92. The number of halogens is 1. The zero-order valence-corrected chi connectivity index (χ0v) is 18.0. The predicted octanol–water partition coefficient (Wildman–Crippen LogP) is 3.30. The first kappa shape index (κ1) is 21.1. The molecule has 7 nitrogen and oxygen atoms in total. The Hall–Kier alpha value is -3.13. The van der Waals surface area contributed by atoms with Gasteiger partial charge in [0.1, 0.15) is 17.3 Å². The van der Waals surface area contributed by atoms with Crippen LogP contribution < -0.4 is 4.74 Å². The molecule has 0 saturated carbocycles. The van der Waals surface area contributed by atoms with Crippen LogP contribution in [-0.2, 0) is 0 Å². The van der Waals surface area contributed by atoms with Crippen LogP contribution in [0.4, 0.5) is 9.18 Å². The van der Waals surface area contributed by atoms with Crippen molar-refractivity contribution in [1.29, 1.82) is 0 Å². The zero-order chi connectivity index (χ0) is 22.1. The second-order valence-electron chi connectivity index (χ2n) is 8.09. The van der Waals surface area contributed by atoms with Crippen LogP contribution in [0.15, 0.2) is 47.6 Å². The molecule has 0 aromatic heterocycles. The van der Waals surface area contributed by atoms with E-state index in [-0.39, 0.29) is 23.5 Å². The number of hydrogen-bond donors (Lipinski definition) is 1. The lowest BCUT2D eigenvalue weighted by Crippen LogP contribution is -2.44. The standard InChI is InChI=1S/C23H27FN4O3/c1-4-27(11-10-26(2)3)23(30)28-22(15-6-5-7-17(29)12-15)19-14-31-20-9-8-16(24)13-18(20)21(19)25-28/h5-9,12-13,19,22,29H,4,10-11,14H2,1-3H3. The highest BCUT2D eigenvalue weighted by Crippen LogP contribution is 2.43. The maximum absolute atomic E-state index is 14.0. The van der Waals surface area contributed by atoms with Crippen molar-refractivity contribution in [3.05, 3.63) is 59.4 Å². The maximum Gasteiger partial charge on any atom is 0.341 e. The Morgan fingerprint density at radius 1 is 1.26 bits per heavy atom. The number of ether oxygens (including phenoxy) is 1. The van der Waals surface area contributed by atoms with E-state index in [1.54, 1.807) is 29.2 Å². The average Bonchev–Trinajstić information content (AvgIpc) is 3.14. The number of nitrogens with zero attached hydrogens (tertiary/aromatic N) is 4. The van der Waals surface area contributed by atoms with E-state index in [1.165, 1.54) is 17.1 Å². The highest BCUT2D eigenvalue weighted by molar-refractivity contribution is 6.07. The second kappa shape index (κ2) is 8.55. The Kier molecular flexibility index (Phi) is 5.82. The molecule has 2 amide bonds. The van der Waals surface area contributed by atoms with Crippen molar-refractivity contribution in [2.75, 3.05) is 40.3 Å². The van der Waals surface area contributed by atoms with Gasteiger partial charge in [0.2, 0.25) is 0 Å². The third kappa shape index (κ3) is 4.07. The van der Waals surface area contributed by atoms with Crippen molar-refractivity contribution in [3.63, 3.8) is 0 Å². The third-order valence-corrected chi connectivity index (χ3v) is 5.72. The van der Waals surface area contributed by atoms with E-state index in [9.17, 15) is 14.3 Å². The summed E-state index contributed by atoms with van der Waals surface area (Å²) in [6.45, 7) is 4.06.